The van der Waals surface area contributed by atoms with Crippen molar-refractivity contribution in [2.24, 2.45) is 5.92 Å². The molecule has 1 saturated heterocycles. The molecule has 1 fully saturated rings. The van der Waals surface area contributed by atoms with Gasteiger partial charge in [0.15, 0.2) is 0 Å². The van der Waals surface area contributed by atoms with Gasteiger partial charge in [0, 0.05) is 6.54 Å². The highest BCUT2D eigenvalue weighted by Gasteiger charge is 2.32. The highest BCUT2D eigenvalue weighted by atomic mass is 35.5. The van der Waals surface area contributed by atoms with Gasteiger partial charge in [-0.25, -0.2) is 4.68 Å². The molecule has 9 heteroatoms. The SMILES string of the molecule is O=c1c(Cl)c(NCC2CCN(CC(F)(F)F)CC2)cnn1Cc1ccccc1. The van der Waals surface area contributed by atoms with E-state index in [-0.39, 0.29) is 16.5 Å². The number of alkyl halides is 3. The van der Waals surface area contributed by atoms with Gasteiger partial charge in [0.25, 0.3) is 5.56 Å². The molecular formula is C19H22ClF3N4O. The Balaban J connectivity index is 1.54. The molecule has 1 aliphatic rings. The maximum atomic E-state index is 12.5. The van der Waals surface area contributed by atoms with Gasteiger partial charge in [-0.15, -0.1) is 0 Å². The number of hydrogen-bond donors (Lipinski definition) is 1. The highest BCUT2D eigenvalue weighted by Crippen LogP contribution is 2.23. The summed E-state index contributed by atoms with van der Waals surface area (Å²) in [6, 6.07) is 9.47. The Morgan fingerprint density at radius 2 is 1.86 bits per heavy atom. The summed E-state index contributed by atoms with van der Waals surface area (Å²) in [4.78, 5) is 13.9. The van der Waals surface area contributed by atoms with Gasteiger partial charge < -0.3 is 5.32 Å². The van der Waals surface area contributed by atoms with Crippen LogP contribution in [0, 0.1) is 5.92 Å². The van der Waals surface area contributed by atoms with Crippen molar-refractivity contribution in [3.05, 3.63) is 57.5 Å². The third-order valence-electron chi connectivity index (χ3n) is 4.85. The first-order valence-electron chi connectivity index (χ1n) is 9.14. The molecule has 1 aromatic carbocycles. The lowest BCUT2D eigenvalue weighted by molar-refractivity contribution is -0.148. The van der Waals surface area contributed by atoms with Crippen LogP contribution in [0.5, 0.6) is 0 Å². The summed E-state index contributed by atoms with van der Waals surface area (Å²) in [6.07, 6.45) is -1.31. The monoisotopic (exact) mass is 414 g/mol. The zero-order valence-corrected chi connectivity index (χ0v) is 16.0. The van der Waals surface area contributed by atoms with E-state index < -0.39 is 12.7 Å². The molecule has 0 aliphatic carbocycles. The summed E-state index contributed by atoms with van der Waals surface area (Å²) in [5, 5.41) is 7.37. The normalized spacial score (nSPS) is 16.3. The minimum absolute atomic E-state index is 0.0699. The van der Waals surface area contributed by atoms with Crippen LogP contribution in [0.2, 0.25) is 5.02 Å². The zero-order valence-electron chi connectivity index (χ0n) is 15.3. The van der Waals surface area contributed by atoms with Crippen LogP contribution in [0.15, 0.2) is 41.3 Å². The van der Waals surface area contributed by atoms with Gasteiger partial charge in [0.2, 0.25) is 0 Å². The molecule has 2 aromatic rings. The molecule has 1 aromatic heterocycles. The van der Waals surface area contributed by atoms with Gasteiger partial charge in [-0.3, -0.25) is 9.69 Å². The van der Waals surface area contributed by atoms with Crippen LogP contribution in [0.3, 0.4) is 0 Å². The first kappa shape index (κ1) is 20.7. The summed E-state index contributed by atoms with van der Waals surface area (Å²) < 4.78 is 38.7. The smallest absolute Gasteiger partial charge is 0.382 e. The van der Waals surface area contributed by atoms with Crippen LogP contribution >= 0.6 is 11.6 Å². The van der Waals surface area contributed by atoms with E-state index in [9.17, 15) is 18.0 Å². The number of hydrogen-bond acceptors (Lipinski definition) is 4. The van der Waals surface area contributed by atoms with Gasteiger partial charge in [-0.2, -0.15) is 18.3 Å². The molecule has 2 heterocycles. The lowest BCUT2D eigenvalue weighted by Crippen LogP contribution is -2.41. The number of anilines is 1. The van der Waals surface area contributed by atoms with Crippen molar-refractivity contribution in [2.45, 2.75) is 25.6 Å². The number of aromatic nitrogens is 2. The Kier molecular flexibility index (Phi) is 6.61. The number of piperidine rings is 1. The van der Waals surface area contributed by atoms with E-state index in [4.69, 9.17) is 11.6 Å². The maximum absolute atomic E-state index is 12.5. The van der Waals surface area contributed by atoms with Crippen LogP contribution < -0.4 is 10.9 Å². The molecular weight excluding hydrogens is 393 g/mol. The molecule has 1 aliphatic heterocycles. The summed E-state index contributed by atoms with van der Waals surface area (Å²) in [5.74, 6) is 0.229. The second-order valence-electron chi connectivity index (χ2n) is 7.04. The largest absolute Gasteiger partial charge is 0.401 e. The Morgan fingerprint density at radius 3 is 2.50 bits per heavy atom. The molecule has 0 radical (unpaired) electrons. The molecule has 1 N–H and O–H groups in total. The van der Waals surface area contributed by atoms with Gasteiger partial charge in [-0.1, -0.05) is 41.9 Å². The average molecular weight is 415 g/mol. The van der Waals surface area contributed by atoms with E-state index in [2.05, 4.69) is 10.4 Å². The molecule has 0 bridgehead atoms. The molecule has 0 saturated carbocycles. The van der Waals surface area contributed by atoms with Crippen molar-refractivity contribution >= 4 is 17.3 Å². The zero-order chi connectivity index (χ0) is 20.1. The minimum atomic E-state index is -4.16. The lowest BCUT2D eigenvalue weighted by Gasteiger charge is -2.32. The number of benzene rings is 1. The second-order valence-corrected chi connectivity index (χ2v) is 7.41. The topological polar surface area (TPSA) is 50.2 Å². The number of halogens is 4. The number of likely N-dealkylation sites (tertiary alicyclic amines) is 1. The van der Waals surface area contributed by atoms with E-state index in [0.29, 0.717) is 44.7 Å². The fourth-order valence-corrected chi connectivity index (χ4v) is 3.53. The van der Waals surface area contributed by atoms with E-state index in [1.54, 1.807) is 0 Å². The van der Waals surface area contributed by atoms with Gasteiger partial charge in [0.1, 0.15) is 5.02 Å². The third-order valence-corrected chi connectivity index (χ3v) is 5.22. The van der Waals surface area contributed by atoms with Crippen molar-refractivity contribution < 1.29 is 13.2 Å². The van der Waals surface area contributed by atoms with E-state index in [1.807, 2.05) is 30.3 Å². The molecule has 3 rings (SSSR count). The molecule has 152 valence electrons. The highest BCUT2D eigenvalue weighted by molar-refractivity contribution is 6.32. The molecule has 0 amide bonds. The van der Waals surface area contributed by atoms with Crippen molar-refractivity contribution in [1.82, 2.24) is 14.7 Å². The molecule has 5 nitrogen and oxygen atoms in total. The fourth-order valence-electron chi connectivity index (χ4n) is 3.31. The quantitative estimate of drug-likeness (QED) is 0.784. The van der Waals surface area contributed by atoms with E-state index in [0.717, 1.165) is 5.56 Å². The standard InChI is InChI=1S/C19H22ClF3N4O/c20-17-16(11-25-27(18(17)28)12-15-4-2-1-3-5-15)24-10-14-6-8-26(9-7-14)13-19(21,22)23/h1-5,11,14,24H,6-10,12-13H2. The van der Waals surface area contributed by atoms with Crippen LogP contribution in [0.1, 0.15) is 18.4 Å². The minimum Gasteiger partial charge on any atom is -0.382 e. The van der Waals surface area contributed by atoms with Gasteiger partial charge in [-0.05, 0) is 37.4 Å². The first-order chi connectivity index (χ1) is 13.3. The number of nitrogens with zero attached hydrogens (tertiary/aromatic N) is 3. The van der Waals surface area contributed by atoms with Crippen LogP contribution in [0.25, 0.3) is 0 Å². The second kappa shape index (κ2) is 8.96. The number of nitrogens with one attached hydrogen (secondary N) is 1. The Hall–Kier alpha value is -2.06. The van der Waals surface area contributed by atoms with Crippen LogP contribution in [-0.4, -0.2) is 47.0 Å². The van der Waals surface area contributed by atoms with Crippen molar-refractivity contribution in [3.63, 3.8) is 0 Å². The Bertz CT molecular complexity index is 833. The van der Waals surface area contributed by atoms with Crippen molar-refractivity contribution in [1.29, 1.82) is 0 Å². The third kappa shape index (κ3) is 5.72. The number of rotatable bonds is 6. The van der Waals surface area contributed by atoms with E-state index in [1.165, 1.54) is 15.8 Å². The molecule has 0 unspecified atom stereocenters. The summed E-state index contributed by atoms with van der Waals surface area (Å²) >= 11 is 6.21. The lowest BCUT2D eigenvalue weighted by atomic mass is 9.97. The summed E-state index contributed by atoms with van der Waals surface area (Å²) in [6.45, 7) is 0.844. The Labute approximate surface area is 166 Å². The predicted octanol–water partition coefficient (Wildman–Crippen LogP) is 3.63. The fraction of sp³-hybridized carbons (Fsp3) is 0.474. The average Bonchev–Trinajstić information content (AvgIpc) is 2.66. The van der Waals surface area contributed by atoms with Crippen LogP contribution in [0.4, 0.5) is 18.9 Å². The van der Waals surface area contributed by atoms with Crippen molar-refractivity contribution in [2.75, 3.05) is 31.5 Å². The summed E-state index contributed by atoms with van der Waals surface area (Å²) in [7, 11) is 0. The summed E-state index contributed by atoms with van der Waals surface area (Å²) in [5.41, 5.74) is 1.02. The Morgan fingerprint density at radius 1 is 1.18 bits per heavy atom. The predicted molar refractivity (Wildman–Crippen MR) is 103 cm³/mol. The maximum Gasteiger partial charge on any atom is 0.401 e. The molecule has 28 heavy (non-hydrogen) atoms. The molecule has 0 spiro atoms. The van der Waals surface area contributed by atoms with E-state index >= 15 is 0 Å². The van der Waals surface area contributed by atoms with Crippen LogP contribution in [-0.2, 0) is 6.54 Å². The molecule has 0 atom stereocenters. The van der Waals surface area contributed by atoms with Crippen molar-refractivity contribution in [3.8, 4) is 0 Å². The van der Waals surface area contributed by atoms with Gasteiger partial charge >= 0.3 is 6.18 Å². The first-order valence-corrected chi connectivity index (χ1v) is 9.52. The van der Waals surface area contributed by atoms with Gasteiger partial charge in [0.05, 0.1) is 25.0 Å².